The molecule has 8 heteroatoms. The monoisotopic (exact) mass is 597 g/mol. The van der Waals surface area contributed by atoms with Crippen molar-refractivity contribution in [2.75, 3.05) is 17.4 Å². The van der Waals surface area contributed by atoms with Gasteiger partial charge in [-0.15, -0.1) is 0 Å². The molecule has 0 saturated carbocycles. The molecule has 1 atom stereocenters. The number of hydrogen-bond acceptors (Lipinski definition) is 4. The molecule has 4 rings (SSSR count). The molecule has 0 aliphatic heterocycles. The van der Waals surface area contributed by atoms with Gasteiger partial charge >= 0.3 is 0 Å². The number of aryl methyl sites for hydroxylation is 1. The largest absolute Gasteiger partial charge is 0.354 e. The average Bonchev–Trinajstić information content (AvgIpc) is 3.01. The number of hydrogen-bond donors (Lipinski definition) is 1. The van der Waals surface area contributed by atoms with E-state index >= 15 is 0 Å². The van der Waals surface area contributed by atoms with Gasteiger partial charge < -0.3 is 10.2 Å². The summed E-state index contributed by atoms with van der Waals surface area (Å²) in [6.07, 6.45) is 0.277. The third kappa shape index (κ3) is 8.55. The third-order valence-corrected chi connectivity index (χ3v) is 8.87. The van der Waals surface area contributed by atoms with Crippen LogP contribution in [0.15, 0.2) is 120 Å². The SMILES string of the molecule is Cc1ccc(S(=O)(=O)N(CC(=O)N(Cc2ccccc2)[C@@H](Cc2ccccc2)C(=O)NCC(C)C)c2ccccc2)cc1. The summed E-state index contributed by atoms with van der Waals surface area (Å²) in [5.74, 6) is -0.550. The topological polar surface area (TPSA) is 86.8 Å². The lowest BCUT2D eigenvalue weighted by molar-refractivity contribution is -0.140. The van der Waals surface area contributed by atoms with Crippen molar-refractivity contribution >= 4 is 27.5 Å². The molecule has 7 nitrogen and oxygen atoms in total. The van der Waals surface area contributed by atoms with Crippen LogP contribution in [0.3, 0.4) is 0 Å². The maximum atomic E-state index is 14.4. The quantitative estimate of drug-likeness (QED) is 0.217. The van der Waals surface area contributed by atoms with Gasteiger partial charge in [-0.25, -0.2) is 8.42 Å². The molecule has 4 aromatic rings. The van der Waals surface area contributed by atoms with Gasteiger partial charge in [-0.1, -0.05) is 110 Å². The van der Waals surface area contributed by atoms with Crippen molar-refractivity contribution in [2.24, 2.45) is 5.92 Å². The molecular formula is C35H39N3O4S. The highest BCUT2D eigenvalue weighted by Crippen LogP contribution is 2.25. The molecule has 0 aliphatic carbocycles. The molecular weight excluding hydrogens is 558 g/mol. The van der Waals surface area contributed by atoms with E-state index in [1.54, 1.807) is 54.6 Å². The number of benzene rings is 4. The molecule has 0 spiro atoms. The molecule has 1 N–H and O–H groups in total. The molecule has 43 heavy (non-hydrogen) atoms. The third-order valence-electron chi connectivity index (χ3n) is 7.08. The zero-order chi connectivity index (χ0) is 30.8. The van der Waals surface area contributed by atoms with Crippen LogP contribution in [0.1, 0.15) is 30.5 Å². The summed E-state index contributed by atoms with van der Waals surface area (Å²) in [6, 6.07) is 33.2. The van der Waals surface area contributed by atoms with Crippen LogP contribution in [0.2, 0.25) is 0 Å². The first-order valence-corrected chi connectivity index (χ1v) is 15.9. The predicted octanol–water partition coefficient (Wildman–Crippen LogP) is 5.60. The summed E-state index contributed by atoms with van der Waals surface area (Å²) in [4.78, 5) is 29.7. The molecule has 0 saturated heterocycles. The van der Waals surface area contributed by atoms with Crippen molar-refractivity contribution in [1.82, 2.24) is 10.2 Å². The van der Waals surface area contributed by atoms with Crippen LogP contribution in [0, 0.1) is 12.8 Å². The van der Waals surface area contributed by atoms with Gasteiger partial charge in [0.1, 0.15) is 12.6 Å². The molecule has 0 unspecified atom stereocenters. The van der Waals surface area contributed by atoms with Crippen LogP contribution < -0.4 is 9.62 Å². The van der Waals surface area contributed by atoms with E-state index in [1.807, 2.05) is 81.4 Å². The number of para-hydroxylation sites is 1. The standard InChI is InChI=1S/C35H39N3O4S/c1-27(2)24-36-35(40)33(23-29-13-7-4-8-14-29)37(25-30-15-9-5-10-16-30)34(39)26-38(31-17-11-6-12-18-31)43(41,42)32-21-19-28(3)20-22-32/h4-22,27,33H,23-26H2,1-3H3,(H,36,40)/t33-/m0/s1. The molecule has 2 amide bonds. The smallest absolute Gasteiger partial charge is 0.264 e. The second-order valence-electron chi connectivity index (χ2n) is 11.0. The van der Waals surface area contributed by atoms with Crippen molar-refractivity contribution in [3.63, 3.8) is 0 Å². The molecule has 0 heterocycles. The van der Waals surface area contributed by atoms with Crippen LogP contribution in [0.5, 0.6) is 0 Å². The van der Waals surface area contributed by atoms with E-state index in [9.17, 15) is 18.0 Å². The maximum Gasteiger partial charge on any atom is 0.264 e. The Morgan fingerprint density at radius 1 is 0.744 bits per heavy atom. The van der Waals surface area contributed by atoms with E-state index < -0.39 is 28.5 Å². The zero-order valence-electron chi connectivity index (χ0n) is 24.9. The summed E-state index contributed by atoms with van der Waals surface area (Å²) in [6.45, 7) is 6.01. The number of anilines is 1. The van der Waals surface area contributed by atoms with Gasteiger partial charge in [0.2, 0.25) is 11.8 Å². The Morgan fingerprint density at radius 3 is 1.84 bits per heavy atom. The van der Waals surface area contributed by atoms with Crippen LogP contribution in [0.4, 0.5) is 5.69 Å². The number of amides is 2. The molecule has 0 aliphatic rings. The molecule has 224 valence electrons. The number of nitrogens with zero attached hydrogens (tertiary/aromatic N) is 2. The van der Waals surface area contributed by atoms with Gasteiger partial charge in [0, 0.05) is 19.5 Å². The first-order valence-electron chi connectivity index (χ1n) is 14.4. The fourth-order valence-electron chi connectivity index (χ4n) is 4.72. The molecule has 4 aromatic carbocycles. The lowest BCUT2D eigenvalue weighted by Crippen LogP contribution is -2.53. The number of sulfonamides is 1. The maximum absolute atomic E-state index is 14.4. The summed E-state index contributed by atoms with van der Waals surface area (Å²) in [5, 5.41) is 3.01. The van der Waals surface area contributed by atoms with E-state index in [2.05, 4.69) is 5.32 Å². The van der Waals surface area contributed by atoms with Crippen molar-refractivity contribution in [3.8, 4) is 0 Å². The van der Waals surface area contributed by atoms with Crippen LogP contribution in [-0.4, -0.2) is 44.3 Å². The Balaban J connectivity index is 1.76. The minimum atomic E-state index is -4.11. The first kappa shape index (κ1) is 31.5. The van der Waals surface area contributed by atoms with Crippen molar-refractivity contribution < 1.29 is 18.0 Å². The highest BCUT2D eigenvalue weighted by atomic mass is 32.2. The van der Waals surface area contributed by atoms with Gasteiger partial charge in [0.05, 0.1) is 10.6 Å². The van der Waals surface area contributed by atoms with E-state index in [1.165, 1.54) is 4.90 Å². The Morgan fingerprint density at radius 2 is 1.28 bits per heavy atom. The Kier molecular flexibility index (Phi) is 10.7. The molecule has 0 radical (unpaired) electrons. The summed E-state index contributed by atoms with van der Waals surface area (Å²) < 4.78 is 29.1. The van der Waals surface area contributed by atoms with Gasteiger partial charge in [-0.2, -0.15) is 0 Å². The van der Waals surface area contributed by atoms with E-state index in [0.29, 0.717) is 12.2 Å². The number of rotatable bonds is 13. The fraction of sp³-hybridized carbons (Fsp3) is 0.257. The highest BCUT2D eigenvalue weighted by molar-refractivity contribution is 7.92. The Labute approximate surface area is 255 Å². The van der Waals surface area contributed by atoms with Crippen molar-refractivity contribution in [3.05, 3.63) is 132 Å². The van der Waals surface area contributed by atoms with E-state index in [0.717, 1.165) is 21.0 Å². The summed E-state index contributed by atoms with van der Waals surface area (Å²) in [7, 11) is -4.11. The second kappa shape index (κ2) is 14.6. The second-order valence-corrected chi connectivity index (χ2v) is 12.9. The number of nitrogens with one attached hydrogen (secondary N) is 1. The number of carbonyl (C=O) groups is 2. The van der Waals surface area contributed by atoms with Gasteiger partial charge in [-0.3, -0.25) is 13.9 Å². The average molecular weight is 598 g/mol. The lowest BCUT2D eigenvalue weighted by Gasteiger charge is -2.34. The zero-order valence-corrected chi connectivity index (χ0v) is 25.7. The highest BCUT2D eigenvalue weighted by Gasteiger charge is 2.34. The minimum absolute atomic E-state index is 0.0832. The summed E-state index contributed by atoms with van der Waals surface area (Å²) >= 11 is 0. The lowest BCUT2D eigenvalue weighted by atomic mass is 10.0. The summed E-state index contributed by atoms with van der Waals surface area (Å²) in [5.41, 5.74) is 3.01. The Hall–Kier alpha value is -4.43. The normalized spacial score (nSPS) is 12.0. The number of carbonyl (C=O) groups excluding carboxylic acids is 2. The fourth-order valence-corrected chi connectivity index (χ4v) is 6.13. The van der Waals surface area contributed by atoms with Crippen LogP contribution >= 0.6 is 0 Å². The van der Waals surface area contributed by atoms with E-state index in [-0.39, 0.29) is 29.7 Å². The Bertz CT molecular complexity index is 1580. The van der Waals surface area contributed by atoms with Crippen molar-refractivity contribution in [1.29, 1.82) is 0 Å². The molecule has 0 aromatic heterocycles. The first-order chi connectivity index (χ1) is 20.6. The van der Waals surface area contributed by atoms with Gasteiger partial charge in [-0.05, 0) is 48.2 Å². The van der Waals surface area contributed by atoms with Crippen molar-refractivity contribution in [2.45, 2.75) is 44.7 Å². The van der Waals surface area contributed by atoms with Crippen LogP contribution in [-0.2, 0) is 32.6 Å². The van der Waals surface area contributed by atoms with Crippen LogP contribution in [0.25, 0.3) is 0 Å². The minimum Gasteiger partial charge on any atom is -0.354 e. The molecule has 0 fully saturated rings. The molecule has 0 bridgehead atoms. The van der Waals surface area contributed by atoms with Gasteiger partial charge in [0.15, 0.2) is 0 Å². The predicted molar refractivity (Wildman–Crippen MR) is 171 cm³/mol. The van der Waals surface area contributed by atoms with E-state index in [4.69, 9.17) is 0 Å². The van der Waals surface area contributed by atoms with Gasteiger partial charge in [0.25, 0.3) is 10.0 Å².